The van der Waals surface area contributed by atoms with E-state index >= 15 is 0 Å². The van der Waals surface area contributed by atoms with Gasteiger partial charge >= 0.3 is 0 Å². The predicted molar refractivity (Wildman–Crippen MR) is 142 cm³/mol. The topological polar surface area (TPSA) is 20.2 Å². The van der Waals surface area contributed by atoms with Crippen molar-refractivity contribution in [3.8, 4) is 16.9 Å². The van der Waals surface area contributed by atoms with Crippen LogP contribution < -0.4 is 39.9 Å². The number of hydrogen-bond acceptors (Lipinski definition) is 1. The lowest BCUT2D eigenvalue weighted by Gasteiger charge is -2.28. The first-order valence-electron chi connectivity index (χ1n) is 11.2. The summed E-state index contributed by atoms with van der Waals surface area (Å²) in [6.07, 6.45) is 0.871. The largest absolute Gasteiger partial charge is 1.00 e. The van der Waals surface area contributed by atoms with Gasteiger partial charge in [0.1, 0.15) is 28.9 Å². The van der Waals surface area contributed by atoms with Gasteiger partial charge in [0, 0.05) is 5.56 Å². The molecule has 0 amide bonds. The maximum atomic E-state index is 10.6. The van der Waals surface area contributed by atoms with Crippen molar-refractivity contribution in [2.45, 2.75) is 6.16 Å². The van der Waals surface area contributed by atoms with E-state index in [-0.39, 0.29) is 24.0 Å². The minimum absolute atomic E-state index is 0. The quantitative estimate of drug-likeness (QED) is 0.244. The number of phenolic OH excluding ortho intramolecular Hbond substituents is 1. The SMILES string of the molecule is Oc1ccccc1-c1ccccc1C[P+](c1ccccc1)(c1ccccc1)c1ccccc1.[I-]. The molecule has 0 spiro atoms. The second-order valence-electron chi connectivity index (χ2n) is 8.15. The number of rotatable bonds is 6. The van der Waals surface area contributed by atoms with Gasteiger partial charge in [-0.15, -0.1) is 0 Å². The van der Waals surface area contributed by atoms with Crippen LogP contribution >= 0.6 is 7.26 Å². The molecule has 0 saturated carbocycles. The Morgan fingerprint density at radius 2 is 0.824 bits per heavy atom. The fourth-order valence-electron chi connectivity index (χ4n) is 4.65. The van der Waals surface area contributed by atoms with Crippen LogP contribution in [0.3, 0.4) is 0 Å². The van der Waals surface area contributed by atoms with Crippen molar-refractivity contribution in [2.24, 2.45) is 0 Å². The first-order chi connectivity index (χ1) is 16.3. The molecule has 0 heterocycles. The summed E-state index contributed by atoms with van der Waals surface area (Å²) in [5.74, 6) is 0.313. The molecule has 0 saturated heterocycles. The molecule has 0 aliphatic heterocycles. The monoisotopic (exact) mass is 572 g/mol. The molecular formula is C31H26IOP. The number of phenols is 1. The Bertz CT molecular complexity index is 1240. The van der Waals surface area contributed by atoms with Crippen LogP contribution in [0, 0.1) is 0 Å². The molecule has 5 aromatic rings. The average molecular weight is 572 g/mol. The lowest BCUT2D eigenvalue weighted by molar-refractivity contribution is -0.00000732. The maximum absolute atomic E-state index is 10.6. The summed E-state index contributed by atoms with van der Waals surface area (Å²) in [4.78, 5) is 0. The molecule has 34 heavy (non-hydrogen) atoms. The first-order valence-corrected chi connectivity index (χ1v) is 13.2. The lowest BCUT2D eigenvalue weighted by Crippen LogP contribution is -3.00. The van der Waals surface area contributed by atoms with Gasteiger partial charge in [0.05, 0.1) is 6.16 Å². The molecule has 0 bridgehead atoms. The van der Waals surface area contributed by atoms with E-state index in [2.05, 4.69) is 115 Å². The van der Waals surface area contributed by atoms with Crippen LogP contribution in [0.25, 0.3) is 11.1 Å². The molecule has 0 fully saturated rings. The molecule has 3 heteroatoms. The summed E-state index contributed by atoms with van der Waals surface area (Å²) in [5, 5.41) is 14.7. The summed E-state index contributed by atoms with van der Waals surface area (Å²) < 4.78 is 0. The fraction of sp³-hybridized carbons (Fsp3) is 0.0323. The van der Waals surface area contributed by atoms with Crippen molar-refractivity contribution in [3.05, 3.63) is 145 Å². The Hall–Kier alpha value is -2.94. The van der Waals surface area contributed by atoms with E-state index in [1.54, 1.807) is 6.07 Å². The highest BCUT2D eigenvalue weighted by Crippen LogP contribution is 2.59. The number of benzene rings is 5. The third kappa shape index (κ3) is 4.66. The normalized spacial score (nSPS) is 10.9. The van der Waals surface area contributed by atoms with Gasteiger partial charge in [-0.2, -0.15) is 0 Å². The molecule has 168 valence electrons. The second-order valence-corrected chi connectivity index (χ2v) is 11.6. The zero-order chi connectivity index (χ0) is 22.5. The minimum atomic E-state index is -2.02. The summed E-state index contributed by atoms with van der Waals surface area (Å²) in [6.45, 7) is 0. The van der Waals surface area contributed by atoms with Gasteiger partial charge in [-0.1, -0.05) is 97.1 Å². The molecule has 0 aliphatic rings. The zero-order valence-electron chi connectivity index (χ0n) is 18.8. The smallest absolute Gasteiger partial charge is 0.123 e. The van der Waals surface area contributed by atoms with Crippen molar-refractivity contribution < 1.29 is 29.1 Å². The van der Waals surface area contributed by atoms with Crippen molar-refractivity contribution in [2.75, 3.05) is 0 Å². The first kappa shape index (κ1) is 24.2. The molecule has 0 aliphatic carbocycles. The van der Waals surface area contributed by atoms with Crippen LogP contribution in [-0.2, 0) is 6.16 Å². The number of hydrogen-bond donors (Lipinski definition) is 1. The number of aromatic hydroxyl groups is 1. The molecule has 0 unspecified atom stereocenters. The Morgan fingerprint density at radius 3 is 1.29 bits per heavy atom. The van der Waals surface area contributed by atoms with Gasteiger partial charge in [0.2, 0.25) is 0 Å². The van der Waals surface area contributed by atoms with Crippen LogP contribution in [0.2, 0.25) is 0 Å². The van der Waals surface area contributed by atoms with Gasteiger partial charge in [0.15, 0.2) is 0 Å². The van der Waals surface area contributed by atoms with Gasteiger partial charge in [0.25, 0.3) is 0 Å². The third-order valence-corrected chi connectivity index (χ3v) is 10.6. The van der Waals surface area contributed by atoms with E-state index in [4.69, 9.17) is 0 Å². The Labute approximate surface area is 219 Å². The van der Waals surface area contributed by atoms with Crippen LogP contribution in [-0.4, -0.2) is 5.11 Å². The lowest BCUT2D eigenvalue weighted by atomic mass is 10.00. The van der Waals surface area contributed by atoms with Gasteiger partial charge in [-0.3, -0.25) is 0 Å². The van der Waals surface area contributed by atoms with Crippen LogP contribution in [0.4, 0.5) is 0 Å². The van der Waals surface area contributed by atoms with Gasteiger partial charge < -0.3 is 29.1 Å². The third-order valence-electron chi connectivity index (χ3n) is 6.21. The molecule has 0 radical (unpaired) electrons. The standard InChI is InChI=1S/C31H25OP.HI/c32-31-23-13-12-22-30(31)29-21-11-10-14-25(29)24-33(26-15-4-1-5-16-26,27-17-6-2-7-18-27)28-19-8-3-9-20-28;/h1-23H,24H2;1H. The second kappa shape index (κ2) is 11.0. The average Bonchev–Trinajstić information content (AvgIpc) is 2.89. The highest BCUT2D eigenvalue weighted by molar-refractivity contribution is 7.95. The minimum Gasteiger partial charge on any atom is -1.00 e. The number of para-hydroxylation sites is 1. The van der Waals surface area contributed by atoms with E-state index in [0.717, 1.165) is 17.3 Å². The van der Waals surface area contributed by atoms with Crippen LogP contribution in [0.1, 0.15) is 5.56 Å². The van der Waals surface area contributed by atoms with Crippen LogP contribution in [0.15, 0.2) is 140 Å². The molecule has 1 N–H and O–H groups in total. The molecule has 1 nitrogen and oxygen atoms in total. The van der Waals surface area contributed by atoms with E-state index < -0.39 is 7.26 Å². The van der Waals surface area contributed by atoms with E-state index in [1.165, 1.54) is 21.5 Å². The summed E-state index contributed by atoms with van der Waals surface area (Å²) in [5.41, 5.74) is 3.20. The van der Waals surface area contributed by atoms with E-state index in [0.29, 0.717) is 5.75 Å². The van der Waals surface area contributed by atoms with Crippen LogP contribution in [0.5, 0.6) is 5.75 Å². The van der Waals surface area contributed by atoms with Crippen molar-refractivity contribution in [1.29, 1.82) is 0 Å². The van der Waals surface area contributed by atoms with Gasteiger partial charge in [-0.05, 0) is 53.6 Å². The number of halogens is 1. The maximum Gasteiger partial charge on any atom is 0.123 e. The van der Waals surface area contributed by atoms with Crippen molar-refractivity contribution in [3.63, 3.8) is 0 Å². The molecule has 5 aromatic carbocycles. The summed E-state index contributed by atoms with van der Waals surface area (Å²) >= 11 is 0. The molecular weight excluding hydrogens is 546 g/mol. The molecule has 0 aromatic heterocycles. The van der Waals surface area contributed by atoms with Crippen molar-refractivity contribution >= 4 is 23.2 Å². The van der Waals surface area contributed by atoms with E-state index in [9.17, 15) is 5.11 Å². The Balaban J connectivity index is 0.00000274. The van der Waals surface area contributed by atoms with E-state index in [1.807, 2.05) is 18.2 Å². The summed E-state index contributed by atoms with van der Waals surface area (Å²) in [7, 11) is -2.02. The Kier molecular flexibility index (Phi) is 7.82. The zero-order valence-corrected chi connectivity index (χ0v) is 21.8. The van der Waals surface area contributed by atoms with Crippen molar-refractivity contribution in [1.82, 2.24) is 0 Å². The Morgan fingerprint density at radius 1 is 0.441 bits per heavy atom. The molecule has 5 rings (SSSR count). The highest BCUT2D eigenvalue weighted by Gasteiger charge is 2.45. The summed E-state index contributed by atoms with van der Waals surface area (Å²) in [6, 6.07) is 48.9. The predicted octanol–water partition coefficient (Wildman–Crippen LogP) is 3.56. The highest BCUT2D eigenvalue weighted by atomic mass is 127. The molecule has 0 atom stereocenters. The van der Waals surface area contributed by atoms with Gasteiger partial charge in [-0.25, -0.2) is 0 Å². The fourth-order valence-corrected chi connectivity index (χ4v) is 8.92.